The lowest BCUT2D eigenvalue weighted by molar-refractivity contribution is -0.140. The zero-order valence-corrected chi connectivity index (χ0v) is 24.8. The minimum atomic E-state index is -3.92. The zero-order valence-electron chi connectivity index (χ0n) is 20.9. The Kier molecular flexibility index (Phi) is 10.6. The highest BCUT2D eigenvalue weighted by atomic mass is 79.9. The summed E-state index contributed by atoms with van der Waals surface area (Å²) in [5.41, 5.74) is 1.76. The number of nitrogens with zero attached hydrogens (tertiary/aromatic N) is 2. The SMILES string of the molecule is CCNC(=O)[C@@H](Cc1ccccc1)N(Cc1ccc(Br)cc1)C(=O)CN(c1ccc(Cl)cc1Cl)S(C)(=O)=O. The normalized spacial score (nSPS) is 12.0. The molecule has 3 aromatic carbocycles. The van der Waals surface area contributed by atoms with Gasteiger partial charge < -0.3 is 10.2 Å². The van der Waals surface area contributed by atoms with Crippen molar-refractivity contribution < 1.29 is 18.0 Å². The number of likely N-dealkylation sites (N-methyl/N-ethyl adjacent to an activating group) is 1. The first-order chi connectivity index (χ1) is 18.0. The van der Waals surface area contributed by atoms with Gasteiger partial charge in [0.15, 0.2) is 0 Å². The van der Waals surface area contributed by atoms with Crippen molar-refractivity contribution in [2.75, 3.05) is 23.7 Å². The van der Waals surface area contributed by atoms with E-state index >= 15 is 0 Å². The molecule has 0 aliphatic rings. The van der Waals surface area contributed by atoms with Gasteiger partial charge >= 0.3 is 0 Å². The van der Waals surface area contributed by atoms with Crippen LogP contribution in [0.5, 0.6) is 0 Å². The first kappa shape index (κ1) is 30.0. The van der Waals surface area contributed by atoms with Crippen LogP contribution in [-0.2, 0) is 32.6 Å². The lowest BCUT2D eigenvalue weighted by Gasteiger charge is -2.33. The Balaban J connectivity index is 2.05. The largest absolute Gasteiger partial charge is 0.355 e. The molecule has 11 heteroatoms. The third-order valence-electron chi connectivity index (χ3n) is 5.75. The van der Waals surface area contributed by atoms with E-state index in [1.165, 1.54) is 23.1 Å². The van der Waals surface area contributed by atoms with E-state index in [-0.39, 0.29) is 29.6 Å². The Labute approximate surface area is 241 Å². The van der Waals surface area contributed by atoms with Gasteiger partial charge in [-0.3, -0.25) is 13.9 Å². The van der Waals surface area contributed by atoms with E-state index < -0.39 is 28.5 Å². The fourth-order valence-electron chi connectivity index (χ4n) is 3.91. The van der Waals surface area contributed by atoms with Gasteiger partial charge in [-0.15, -0.1) is 0 Å². The quantitative estimate of drug-likeness (QED) is 0.308. The van der Waals surface area contributed by atoms with Crippen LogP contribution in [0.4, 0.5) is 5.69 Å². The molecule has 0 unspecified atom stereocenters. The summed E-state index contributed by atoms with van der Waals surface area (Å²) in [5, 5.41) is 3.23. The highest BCUT2D eigenvalue weighted by Crippen LogP contribution is 2.30. The van der Waals surface area contributed by atoms with Gasteiger partial charge in [0.1, 0.15) is 12.6 Å². The first-order valence-corrected chi connectivity index (χ1v) is 15.2. The van der Waals surface area contributed by atoms with Gasteiger partial charge in [0.25, 0.3) is 0 Å². The van der Waals surface area contributed by atoms with Crippen molar-refractivity contribution in [3.63, 3.8) is 0 Å². The molecule has 0 bridgehead atoms. The minimum Gasteiger partial charge on any atom is -0.355 e. The van der Waals surface area contributed by atoms with Crippen LogP contribution in [0, 0.1) is 0 Å². The summed E-state index contributed by atoms with van der Waals surface area (Å²) in [7, 11) is -3.92. The van der Waals surface area contributed by atoms with E-state index in [0.29, 0.717) is 11.6 Å². The van der Waals surface area contributed by atoms with Crippen molar-refractivity contribution in [1.82, 2.24) is 10.2 Å². The number of amides is 2. The van der Waals surface area contributed by atoms with Gasteiger partial charge in [-0.1, -0.05) is 81.6 Å². The third-order valence-corrected chi connectivity index (χ3v) is 7.94. The van der Waals surface area contributed by atoms with Crippen molar-refractivity contribution in [2.24, 2.45) is 0 Å². The highest BCUT2D eigenvalue weighted by Gasteiger charge is 2.33. The second-order valence-electron chi connectivity index (χ2n) is 8.61. The molecule has 0 fully saturated rings. The molecular formula is C27H28BrCl2N3O4S. The summed E-state index contributed by atoms with van der Waals surface area (Å²) in [5.74, 6) is -0.895. The Morgan fingerprint density at radius 3 is 2.21 bits per heavy atom. The van der Waals surface area contributed by atoms with Crippen LogP contribution in [0.25, 0.3) is 0 Å². The molecule has 3 rings (SSSR count). The molecule has 202 valence electrons. The molecule has 0 saturated carbocycles. The number of benzene rings is 3. The fraction of sp³-hybridized carbons (Fsp3) is 0.259. The maximum atomic E-state index is 13.9. The topological polar surface area (TPSA) is 86.8 Å². The standard InChI is InChI=1S/C27H28BrCl2N3O4S/c1-3-31-27(35)25(15-19-7-5-4-6-8-19)32(17-20-9-11-21(28)12-10-20)26(34)18-33(38(2,36)37)24-14-13-22(29)16-23(24)30/h4-14,16,25H,3,15,17-18H2,1-2H3,(H,31,35)/t25-/m1/s1. The van der Waals surface area contributed by atoms with Crippen LogP contribution >= 0.6 is 39.1 Å². The molecule has 0 aliphatic carbocycles. The number of rotatable bonds is 11. The van der Waals surface area contributed by atoms with Crippen molar-refractivity contribution >= 4 is 66.7 Å². The molecule has 0 heterocycles. The first-order valence-electron chi connectivity index (χ1n) is 11.8. The number of sulfonamides is 1. The van der Waals surface area contributed by atoms with Gasteiger partial charge in [-0.25, -0.2) is 8.42 Å². The van der Waals surface area contributed by atoms with Crippen molar-refractivity contribution in [1.29, 1.82) is 0 Å². The van der Waals surface area contributed by atoms with E-state index in [9.17, 15) is 18.0 Å². The maximum Gasteiger partial charge on any atom is 0.244 e. The average Bonchev–Trinajstić information content (AvgIpc) is 2.86. The molecule has 0 aromatic heterocycles. The Morgan fingerprint density at radius 2 is 1.63 bits per heavy atom. The lowest BCUT2D eigenvalue weighted by Crippen LogP contribution is -2.53. The van der Waals surface area contributed by atoms with Gasteiger partial charge in [0, 0.05) is 29.0 Å². The van der Waals surface area contributed by atoms with Crippen molar-refractivity contribution in [3.05, 3.63) is 98.4 Å². The number of carbonyl (C=O) groups is 2. The molecular weight excluding hydrogens is 613 g/mol. The number of hydrogen-bond acceptors (Lipinski definition) is 4. The molecule has 0 spiro atoms. The number of halogens is 3. The molecule has 1 N–H and O–H groups in total. The van der Waals surface area contributed by atoms with E-state index in [1.54, 1.807) is 6.92 Å². The number of anilines is 1. The van der Waals surface area contributed by atoms with Gasteiger partial charge in [-0.2, -0.15) is 0 Å². The van der Waals surface area contributed by atoms with Gasteiger partial charge in [0.2, 0.25) is 21.8 Å². The van der Waals surface area contributed by atoms with E-state index in [4.69, 9.17) is 23.2 Å². The van der Waals surface area contributed by atoms with Crippen LogP contribution in [0.3, 0.4) is 0 Å². The summed E-state index contributed by atoms with van der Waals surface area (Å²) in [6, 6.07) is 20.2. The lowest BCUT2D eigenvalue weighted by atomic mass is 10.0. The monoisotopic (exact) mass is 639 g/mol. The van der Waals surface area contributed by atoms with E-state index in [2.05, 4.69) is 21.2 Å². The van der Waals surface area contributed by atoms with E-state index in [1.807, 2.05) is 54.6 Å². The number of hydrogen-bond donors (Lipinski definition) is 1. The summed E-state index contributed by atoms with van der Waals surface area (Å²) >= 11 is 15.7. The van der Waals surface area contributed by atoms with Crippen LogP contribution in [0.2, 0.25) is 10.0 Å². The number of nitrogens with one attached hydrogen (secondary N) is 1. The highest BCUT2D eigenvalue weighted by molar-refractivity contribution is 9.10. The van der Waals surface area contributed by atoms with Crippen LogP contribution in [0.15, 0.2) is 77.3 Å². The van der Waals surface area contributed by atoms with Crippen molar-refractivity contribution in [2.45, 2.75) is 25.9 Å². The molecule has 1 atom stereocenters. The molecule has 38 heavy (non-hydrogen) atoms. The third kappa shape index (κ3) is 8.20. The molecule has 2 amide bonds. The minimum absolute atomic E-state index is 0.0831. The molecule has 3 aromatic rings. The van der Waals surface area contributed by atoms with E-state index in [0.717, 1.165) is 26.2 Å². The average molecular weight is 641 g/mol. The summed E-state index contributed by atoms with van der Waals surface area (Å²) < 4.78 is 27.4. The second kappa shape index (κ2) is 13.5. The maximum absolute atomic E-state index is 13.9. The predicted octanol–water partition coefficient (Wildman–Crippen LogP) is 5.30. The summed E-state index contributed by atoms with van der Waals surface area (Å²) in [6.45, 7) is 1.71. The Morgan fingerprint density at radius 1 is 0.974 bits per heavy atom. The molecule has 0 saturated heterocycles. The smallest absolute Gasteiger partial charge is 0.244 e. The zero-order chi connectivity index (χ0) is 27.9. The molecule has 0 aliphatic heterocycles. The summed E-state index contributed by atoms with van der Waals surface area (Å²) in [6.07, 6.45) is 1.24. The Bertz CT molecular complexity index is 1370. The number of carbonyl (C=O) groups excluding carboxylic acids is 2. The fourth-order valence-corrected chi connectivity index (χ4v) is 5.60. The van der Waals surface area contributed by atoms with Crippen molar-refractivity contribution in [3.8, 4) is 0 Å². The van der Waals surface area contributed by atoms with Crippen LogP contribution in [-0.4, -0.2) is 50.5 Å². The second-order valence-corrected chi connectivity index (χ2v) is 12.3. The Hall–Kier alpha value is -2.59. The predicted molar refractivity (Wildman–Crippen MR) is 156 cm³/mol. The van der Waals surface area contributed by atoms with Crippen LogP contribution in [0.1, 0.15) is 18.1 Å². The molecule has 0 radical (unpaired) electrons. The van der Waals surface area contributed by atoms with Gasteiger partial charge in [0.05, 0.1) is 17.0 Å². The van der Waals surface area contributed by atoms with Crippen LogP contribution < -0.4 is 9.62 Å². The van der Waals surface area contributed by atoms with Gasteiger partial charge in [-0.05, 0) is 48.4 Å². The molecule has 7 nitrogen and oxygen atoms in total. The summed E-state index contributed by atoms with van der Waals surface area (Å²) in [4.78, 5) is 28.6.